The van der Waals surface area contributed by atoms with Crippen LogP contribution in [-0.4, -0.2) is 27.0 Å². The molecule has 1 N–H and O–H groups in total. The van der Waals surface area contributed by atoms with Crippen LogP contribution in [0.1, 0.15) is 34.2 Å². The number of carbonyl (C=O) groups excluding carboxylic acids is 1. The van der Waals surface area contributed by atoms with E-state index in [2.05, 4.69) is 15.4 Å². The zero-order valence-electron chi connectivity index (χ0n) is 10.5. The van der Waals surface area contributed by atoms with Gasteiger partial charge in [-0.1, -0.05) is 0 Å². The van der Waals surface area contributed by atoms with Gasteiger partial charge in [0.25, 0.3) is 5.91 Å². The summed E-state index contributed by atoms with van der Waals surface area (Å²) in [6, 6.07) is 0. The van der Waals surface area contributed by atoms with E-state index in [0.29, 0.717) is 17.8 Å². The molecule has 0 atom stereocenters. The Kier molecular flexibility index (Phi) is 2.83. The van der Waals surface area contributed by atoms with E-state index in [4.69, 9.17) is 0 Å². The van der Waals surface area contributed by atoms with Crippen molar-refractivity contribution in [1.82, 2.24) is 19.9 Å². The Morgan fingerprint density at radius 1 is 1.41 bits per heavy atom. The Balaban J connectivity index is 2.65. The highest BCUT2D eigenvalue weighted by Crippen LogP contribution is 2.15. The van der Waals surface area contributed by atoms with Crippen LogP contribution in [0.25, 0.3) is 5.65 Å². The number of aromatic nitrogens is 3. The molecule has 2 aromatic rings. The second-order valence-electron chi connectivity index (χ2n) is 4.06. The summed E-state index contributed by atoms with van der Waals surface area (Å²) in [4.78, 5) is 16.3. The predicted molar refractivity (Wildman–Crippen MR) is 65.2 cm³/mol. The number of rotatable bonds is 2. The molecule has 0 bridgehead atoms. The van der Waals surface area contributed by atoms with Crippen molar-refractivity contribution in [1.29, 1.82) is 0 Å². The Labute approximate surface area is 99.9 Å². The summed E-state index contributed by atoms with van der Waals surface area (Å²) in [7, 11) is 0. The zero-order valence-corrected chi connectivity index (χ0v) is 10.5. The van der Waals surface area contributed by atoms with Gasteiger partial charge in [-0.25, -0.2) is 9.50 Å². The van der Waals surface area contributed by atoms with Gasteiger partial charge in [-0.05, 0) is 33.3 Å². The van der Waals surface area contributed by atoms with Crippen molar-refractivity contribution in [2.45, 2.75) is 27.7 Å². The minimum absolute atomic E-state index is 0.127. The topological polar surface area (TPSA) is 59.3 Å². The van der Waals surface area contributed by atoms with Gasteiger partial charge in [-0.15, -0.1) is 0 Å². The first-order valence-corrected chi connectivity index (χ1v) is 5.66. The molecule has 0 aliphatic heterocycles. The maximum atomic E-state index is 11.8. The van der Waals surface area contributed by atoms with E-state index in [1.54, 1.807) is 10.7 Å². The molecule has 0 unspecified atom stereocenters. The van der Waals surface area contributed by atoms with Gasteiger partial charge in [0.1, 0.15) is 5.56 Å². The monoisotopic (exact) mass is 232 g/mol. The van der Waals surface area contributed by atoms with Gasteiger partial charge in [0.05, 0.1) is 6.20 Å². The van der Waals surface area contributed by atoms with Crippen molar-refractivity contribution < 1.29 is 4.79 Å². The van der Waals surface area contributed by atoms with Crippen LogP contribution in [0.3, 0.4) is 0 Å². The minimum Gasteiger partial charge on any atom is -0.352 e. The van der Waals surface area contributed by atoms with E-state index in [9.17, 15) is 4.79 Å². The van der Waals surface area contributed by atoms with Crippen molar-refractivity contribution in [2.24, 2.45) is 0 Å². The van der Waals surface area contributed by atoms with Gasteiger partial charge in [-0.2, -0.15) is 5.10 Å². The molecule has 90 valence electrons. The molecule has 2 rings (SSSR count). The summed E-state index contributed by atoms with van der Waals surface area (Å²) in [6.07, 6.45) is 1.57. The standard InChI is InChI=1S/C12H16N4O/c1-5-13-12(17)10-6-14-16-9(4)7(2)8(3)15-11(10)16/h6H,5H2,1-4H3,(H,13,17). The van der Waals surface area contributed by atoms with E-state index >= 15 is 0 Å². The van der Waals surface area contributed by atoms with Crippen molar-refractivity contribution in [3.63, 3.8) is 0 Å². The van der Waals surface area contributed by atoms with Crippen LogP contribution >= 0.6 is 0 Å². The number of nitrogens with one attached hydrogen (secondary N) is 1. The lowest BCUT2D eigenvalue weighted by atomic mass is 10.2. The number of carbonyl (C=O) groups is 1. The minimum atomic E-state index is -0.127. The number of nitrogens with zero attached hydrogens (tertiary/aromatic N) is 3. The van der Waals surface area contributed by atoms with E-state index in [-0.39, 0.29) is 5.91 Å². The quantitative estimate of drug-likeness (QED) is 0.851. The summed E-state index contributed by atoms with van der Waals surface area (Å²) in [5.74, 6) is -0.127. The van der Waals surface area contributed by atoms with E-state index in [0.717, 1.165) is 17.0 Å². The van der Waals surface area contributed by atoms with Crippen LogP contribution in [0.15, 0.2) is 6.20 Å². The average molecular weight is 232 g/mol. The molecule has 2 aromatic heterocycles. The Hall–Kier alpha value is -1.91. The highest BCUT2D eigenvalue weighted by Gasteiger charge is 2.15. The maximum Gasteiger partial charge on any atom is 0.256 e. The third-order valence-corrected chi connectivity index (χ3v) is 3.00. The van der Waals surface area contributed by atoms with Crippen LogP contribution < -0.4 is 5.32 Å². The van der Waals surface area contributed by atoms with Crippen LogP contribution in [0.4, 0.5) is 0 Å². The van der Waals surface area contributed by atoms with E-state index < -0.39 is 0 Å². The van der Waals surface area contributed by atoms with Crippen LogP contribution in [0, 0.1) is 20.8 Å². The lowest BCUT2D eigenvalue weighted by molar-refractivity contribution is 0.0957. The third-order valence-electron chi connectivity index (χ3n) is 3.00. The molecule has 0 saturated carbocycles. The summed E-state index contributed by atoms with van der Waals surface area (Å²) in [6.45, 7) is 8.41. The van der Waals surface area contributed by atoms with Gasteiger partial charge >= 0.3 is 0 Å². The van der Waals surface area contributed by atoms with Crippen molar-refractivity contribution in [3.8, 4) is 0 Å². The zero-order chi connectivity index (χ0) is 12.6. The third kappa shape index (κ3) is 1.77. The van der Waals surface area contributed by atoms with Crippen LogP contribution in [-0.2, 0) is 0 Å². The number of hydrogen-bond donors (Lipinski definition) is 1. The molecule has 2 heterocycles. The average Bonchev–Trinajstić information content (AvgIpc) is 2.70. The summed E-state index contributed by atoms with van der Waals surface area (Å²) in [5.41, 5.74) is 4.20. The van der Waals surface area contributed by atoms with Gasteiger partial charge < -0.3 is 5.32 Å². The fraction of sp³-hybridized carbons (Fsp3) is 0.417. The Morgan fingerprint density at radius 3 is 2.76 bits per heavy atom. The van der Waals surface area contributed by atoms with Crippen molar-refractivity contribution >= 4 is 11.6 Å². The van der Waals surface area contributed by atoms with Crippen LogP contribution in [0.2, 0.25) is 0 Å². The molecular weight excluding hydrogens is 216 g/mol. The molecule has 1 amide bonds. The first-order chi connectivity index (χ1) is 8.06. The Bertz CT molecular complexity index is 586. The molecule has 0 aromatic carbocycles. The molecule has 17 heavy (non-hydrogen) atoms. The highest BCUT2D eigenvalue weighted by molar-refractivity contribution is 5.99. The fourth-order valence-electron chi connectivity index (χ4n) is 1.77. The molecule has 0 aliphatic carbocycles. The first kappa shape index (κ1) is 11.6. The van der Waals surface area contributed by atoms with Crippen molar-refractivity contribution in [3.05, 3.63) is 28.7 Å². The summed E-state index contributed by atoms with van der Waals surface area (Å²) in [5, 5.41) is 6.98. The number of fused-ring (bicyclic) bond motifs is 1. The molecule has 0 aliphatic rings. The number of hydrogen-bond acceptors (Lipinski definition) is 3. The normalized spacial score (nSPS) is 10.8. The summed E-state index contributed by atoms with van der Waals surface area (Å²) < 4.78 is 1.72. The lowest BCUT2D eigenvalue weighted by Crippen LogP contribution is -2.22. The second kappa shape index (κ2) is 4.16. The molecule has 0 fully saturated rings. The second-order valence-corrected chi connectivity index (χ2v) is 4.06. The smallest absolute Gasteiger partial charge is 0.256 e. The van der Waals surface area contributed by atoms with Gasteiger partial charge in [0, 0.05) is 17.9 Å². The molecule has 0 saturated heterocycles. The Morgan fingerprint density at radius 2 is 2.12 bits per heavy atom. The molecule has 0 spiro atoms. The largest absolute Gasteiger partial charge is 0.352 e. The maximum absolute atomic E-state index is 11.8. The number of aryl methyl sites for hydroxylation is 2. The fourth-order valence-corrected chi connectivity index (χ4v) is 1.77. The summed E-state index contributed by atoms with van der Waals surface area (Å²) >= 11 is 0. The van der Waals surface area contributed by atoms with Gasteiger partial charge in [0.2, 0.25) is 0 Å². The first-order valence-electron chi connectivity index (χ1n) is 5.66. The van der Waals surface area contributed by atoms with E-state index in [1.165, 1.54) is 0 Å². The van der Waals surface area contributed by atoms with Gasteiger partial charge in [0.15, 0.2) is 5.65 Å². The molecule has 0 radical (unpaired) electrons. The van der Waals surface area contributed by atoms with Gasteiger partial charge in [-0.3, -0.25) is 4.79 Å². The molecule has 5 heteroatoms. The van der Waals surface area contributed by atoms with Crippen LogP contribution in [0.5, 0.6) is 0 Å². The van der Waals surface area contributed by atoms with E-state index in [1.807, 2.05) is 27.7 Å². The molecular formula is C12H16N4O. The highest BCUT2D eigenvalue weighted by atomic mass is 16.1. The number of amides is 1. The molecule has 5 nitrogen and oxygen atoms in total. The van der Waals surface area contributed by atoms with Crippen molar-refractivity contribution in [2.75, 3.05) is 6.54 Å². The lowest BCUT2D eigenvalue weighted by Gasteiger charge is -2.07. The SMILES string of the molecule is CCNC(=O)c1cnn2c(C)c(C)c(C)nc12. The predicted octanol–water partition coefficient (Wildman–Crippen LogP) is 1.40.